The summed E-state index contributed by atoms with van der Waals surface area (Å²) in [5.74, 6) is 0. The van der Waals surface area contributed by atoms with Crippen LogP contribution in [-0.4, -0.2) is 0 Å². The predicted molar refractivity (Wildman–Crippen MR) is 54.5 cm³/mol. The Labute approximate surface area is 75.6 Å². The zero-order valence-corrected chi connectivity index (χ0v) is 8.52. The van der Waals surface area contributed by atoms with E-state index in [2.05, 4.69) is 52.0 Å². The van der Waals surface area contributed by atoms with Gasteiger partial charge < -0.3 is 0 Å². The molecule has 0 aliphatic rings. The smallest absolute Gasteiger partial charge is 0.0104 e. The molecule has 12 heavy (non-hydrogen) atoms. The van der Waals surface area contributed by atoms with Crippen LogP contribution in [0.3, 0.4) is 0 Å². The molecule has 0 aromatic heterocycles. The first-order valence-corrected chi connectivity index (χ1v) is 4.64. The summed E-state index contributed by atoms with van der Waals surface area (Å²) in [5, 5.41) is 0. The van der Waals surface area contributed by atoms with Crippen molar-refractivity contribution in [2.45, 2.75) is 39.5 Å². The summed E-state index contributed by atoms with van der Waals surface area (Å²) in [6.07, 6.45) is 1.19. The largest absolute Gasteiger partial charge is 0.0646 e. The van der Waals surface area contributed by atoms with E-state index in [1.54, 1.807) is 0 Å². The van der Waals surface area contributed by atoms with Crippen LogP contribution >= 0.6 is 0 Å². The molecule has 1 rings (SSSR count). The highest BCUT2D eigenvalue weighted by Gasteiger charge is 2.18. The Morgan fingerprint density at radius 2 is 1.75 bits per heavy atom. The summed E-state index contributed by atoms with van der Waals surface area (Å²) in [5.41, 5.74) is 3.21. The van der Waals surface area contributed by atoms with Crippen molar-refractivity contribution in [2.75, 3.05) is 0 Å². The molecule has 0 bridgehead atoms. The van der Waals surface area contributed by atoms with E-state index >= 15 is 0 Å². The Balaban J connectivity index is 3.10. The number of aryl methyl sites for hydroxylation is 1. The molecule has 0 radical (unpaired) electrons. The maximum Gasteiger partial charge on any atom is -0.0104 e. The highest BCUT2D eigenvalue weighted by Crippen LogP contribution is 2.28. The van der Waals surface area contributed by atoms with Gasteiger partial charge in [-0.1, -0.05) is 45.0 Å². The number of hydrogen-bond acceptors (Lipinski definition) is 0. The Kier molecular flexibility index (Phi) is 2.56. The third kappa shape index (κ3) is 1.69. The second kappa shape index (κ2) is 3.30. The van der Waals surface area contributed by atoms with Crippen molar-refractivity contribution in [1.82, 2.24) is 0 Å². The maximum atomic E-state index is 2.30. The summed E-state index contributed by atoms with van der Waals surface area (Å²) >= 11 is 0. The summed E-state index contributed by atoms with van der Waals surface area (Å²) < 4.78 is 0. The fraction of sp³-hybridized carbons (Fsp3) is 0.500. The van der Waals surface area contributed by atoms with E-state index in [-0.39, 0.29) is 0 Å². The van der Waals surface area contributed by atoms with Gasteiger partial charge in [-0.2, -0.15) is 0 Å². The molecule has 0 amide bonds. The molecule has 0 unspecified atom stereocenters. The lowest BCUT2D eigenvalue weighted by molar-refractivity contribution is 0.503. The predicted octanol–water partition coefficient (Wildman–Crippen LogP) is 3.68. The molecule has 0 fully saturated rings. The van der Waals surface area contributed by atoms with Gasteiger partial charge in [0, 0.05) is 0 Å². The fourth-order valence-corrected chi connectivity index (χ4v) is 1.52. The Bertz CT molecular complexity index is 258. The molecule has 0 heteroatoms. The first kappa shape index (κ1) is 9.31. The van der Waals surface area contributed by atoms with Crippen molar-refractivity contribution >= 4 is 0 Å². The summed E-state index contributed by atoms with van der Waals surface area (Å²) in [6, 6.07) is 8.65. The summed E-state index contributed by atoms with van der Waals surface area (Å²) in [6.45, 7) is 9.03. The molecule has 0 aliphatic heterocycles. The quantitative estimate of drug-likeness (QED) is 0.622. The molecule has 0 N–H and O–H groups in total. The molecule has 0 saturated heterocycles. The van der Waals surface area contributed by atoms with Gasteiger partial charge >= 0.3 is 0 Å². The van der Waals surface area contributed by atoms with Crippen LogP contribution in [0.1, 0.15) is 38.3 Å². The van der Waals surface area contributed by atoms with Crippen LogP contribution in [-0.2, 0) is 5.41 Å². The van der Waals surface area contributed by atoms with Crippen molar-refractivity contribution in [3.05, 3.63) is 35.4 Å². The Hall–Kier alpha value is -0.780. The van der Waals surface area contributed by atoms with Gasteiger partial charge in [0.2, 0.25) is 0 Å². The van der Waals surface area contributed by atoms with Gasteiger partial charge in [0.1, 0.15) is 0 Å². The van der Waals surface area contributed by atoms with E-state index in [1.165, 1.54) is 17.5 Å². The molecule has 0 heterocycles. The average molecular weight is 162 g/mol. The number of rotatable bonds is 2. The second-order valence-corrected chi connectivity index (χ2v) is 4.05. The number of hydrogen-bond donors (Lipinski definition) is 0. The SMILES string of the molecule is CCC(C)(C)c1ccccc1C. The third-order valence-electron chi connectivity index (χ3n) is 2.76. The van der Waals surface area contributed by atoms with Gasteiger partial charge in [-0.05, 0) is 29.9 Å². The Morgan fingerprint density at radius 1 is 1.17 bits per heavy atom. The first-order chi connectivity index (χ1) is 5.58. The third-order valence-corrected chi connectivity index (χ3v) is 2.76. The highest BCUT2D eigenvalue weighted by atomic mass is 14.2. The first-order valence-electron chi connectivity index (χ1n) is 4.64. The van der Waals surface area contributed by atoms with Crippen molar-refractivity contribution < 1.29 is 0 Å². The highest BCUT2D eigenvalue weighted by molar-refractivity contribution is 5.31. The van der Waals surface area contributed by atoms with Crippen LogP contribution < -0.4 is 0 Å². The molecular formula is C12H18. The summed E-state index contributed by atoms with van der Waals surface area (Å²) in [4.78, 5) is 0. The molecular weight excluding hydrogens is 144 g/mol. The van der Waals surface area contributed by atoms with Crippen LogP contribution in [0.25, 0.3) is 0 Å². The van der Waals surface area contributed by atoms with Crippen molar-refractivity contribution in [3.8, 4) is 0 Å². The molecule has 0 saturated carbocycles. The van der Waals surface area contributed by atoms with Gasteiger partial charge in [-0.15, -0.1) is 0 Å². The van der Waals surface area contributed by atoms with Crippen LogP contribution in [0.15, 0.2) is 24.3 Å². The number of benzene rings is 1. The van der Waals surface area contributed by atoms with Crippen LogP contribution in [0, 0.1) is 6.92 Å². The van der Waals surface area contributed by atoms with E-state index in [9.17, 15) is 0 Å². The molecule has 0 spiro atoms. The standard InChI is InChI=1S/C12H18/c1-5-12(3,4)11-9-7-6-8-10(11)2/h6-9H,5H2,1-4H3. The maximum absolute atomic E-state index is 2.30. The van der Waals surface area contributed by atoms with Crippen LogP contribution in [0.5, 0.6) is 0 Å². The normalized spacial score (nSPS) is 11.7. The monoisotopic (exact) mass is 162 g/mol. The van der Waals surface area contributed by atoms with Crippen molar-refractivity contribution in [2.24, 2.45) is 0 Å². The Morgan fingerprint density at radius 3 is 2.25 bits per heavy atom. The van der Waals surface area contributed by atoms with Crippen molar-refractivity contribution in [3.63, 3.8) is 0 Å². The van der Waals surface area contributed by atoms with Gasteiger partial charge in [-0.3, -0.25) is 0 Å². The molecule has 0 nitrogen and oxygen atoms in total. The minimum atomic E-state index is 0.325. The van der Waals surface area contributed by atoms with Gasteiger partial charge in [0.05, 0.1) is 0 Å². The second-order valence-electron chi connectivity index (χ2n) is 4.05. The van der Waals surface area contributed by atoms with Gasteiger partial charge in [0.25, 0.3) is 0 Å². The lowest BCUT2D eigenvalue weighted by Gasteiger charge is -2.25. The van der Waals surface area contributed by atoms with Gasteiger partial charge in [0.15, 0.2) is 0 Å². The molecule has 66 valence electrons. The molecule has 1 aromatic rings. The zero-order valence-electron chi connectivity index (χ0n) is 8.52. The molecule has 0 aliphatic carbocycles. The average Bonchev–Trinajstić information content (AvgIpc) is 2.05. The zero-order chi connectivity index (χ0) is 9.19. The lowest BCUT2D eigenvalue weighted by Crippen LogP contribution is -2.16. The van der Waals surface area contributed by atoms with Gasteiger partial charge in [-0.25, -0.2) is 0 Å². The minimum Gasteiger partial charge on any atom is -0.0646 e. The van der Waals surface area contributed by atoms with E-state index in [0.717, 1.165) is 0 Å². The molecule has 1 aromatic carbocycles. The van der Waals surface area contributed by atoms with E-state index in [4.69, 9.17) is 0 Å². The molecule has 0 atom stereocenters. The summed E-state index contributed by atoms with van der Waals surface area (Å²) in [7, 11) is 0. The fourth-order valence-electron chi connectivity index (χ4n) is 1.52. The lowest BCUT2D eigenvalue weighted by atomic mass is 9.80. The van der Waals surface area contributed by atoms with Crippen molar-refractivity contribution in [1.29, 1.82) is 0 Å². The van der Waals surface area contributed by atoms with Crippen LogP contribution in [0.4, 0.5) is 0 Å². The van der Waals surface area contributed by atoms with E-state index in [1.807, 2.05) is 0 Å². The minimum absolute atomic E-state index is 0.325. The topological polar surface area (TPSA) is 0 Å². The van der Waals surface area contributed by atoms with Crippen LogP contribution in [0.2, 0.25) is 0 Å². The van der Waals surface area contributed by atoms with E-state index in [0.29, 0.717) is 5.41 Å². The van der Waals surface area contributed by atoms with E-state index < -0.39 is 0 Å².